The summed E-state index contributed by atoms with van der Waals surface area (Å²) in [4.78, 5) is 0. The van der Waals surface area contributed by atoms with Crippen LogP contribution in [0.4, 0.5) is 0 Å². The van der Waals surface area contributed by atoms with Crippen molar-refractivity contribution in [2.24, 2.45) is 0 Å². The van der Waals surface area contributed by atoms with Crippen molar-refractivity contribution in [2.75, 3.05) is 0 Å². The Morgan fingerprint density at radius 1 is 0.471 bits per heavy atom. The summed E-state index contributed by atoms with van der Waals surface area (Å²) in [5.41, 5.74) is 8.30. The molecule has 0 bridgehead atoms. The molecule has 0 radical (unpaired) electrons. The van der Waals surface area contributed by atoms with Gasteiger partial charge in [0, 0.05) is 0 Å². The Bertz CT molecular complexity index is 1330. The minimum absolute atomic E-state index is 0.178. The number of rotatable bonds is 18. The summed E-state index contributed by atoms with van der Waals surface area (Å²) in [6.07, 6.45) is 5.91. The van der Waals surface area contributed by atoms with Crippen molar-refractivity contribution in [3.05, 3.63) is 94.5 Å². The molecule has 0 aliphatic carbocycles. The summed E-state index contributed by atoms with van der Waals surface area (Å²) >= 11 is 0. The highest BCUT2D eigenvalue weighted by molar-refractivity contribution is 6.89. The van der Waals surface area contributed by atoms with Crippen molar-refractivity contribution >= 4 is 41.8 Å². The monoisotopic (exact) mass is 784 g/mol. The number of benzene rings is 2. The molecule has 2 aromatic rings. The van der Waals surface area contributed by atoms with Crippen LogP contribution < -0.4 is 0 Å². The van der Waals surface area contributed by atoms with E-state index >= 15 is 0 Å². The second-order valence-electron chi connectivity index (χ2n) is 20.1. The Labute approximate surface area is 320 Å². The van der Waals surface area contributed by atoms with Gasteiger partial charge in [0.05, 0.1) is 12.5 Å². The molecule has 0 aromatic heterocycles. The molecule has 0 aliphatic heterocycles. The van der Waals surface area contributed by atoms with Crippen molar-refractivity contribution in [2.45, 2.75) is 169 Å². The summed E-state index contributed by atoms with van der Waals surface area (Å²) in [6.45, 7) is 41.3. The summed E-state index contributed by atoms with van der Waals surface area (Å²) in [5.74, 6) is 0. The van der Waals surface area contributed by atoms with Crippen LogP contribution in [0.5, 0.6) is 0 Å². The van der Waals surface area contributed by atoms with Crippen molar-refractivity contribution in [3.63, 3.8) is 0 Å². The van der Waals surface area contributed by atoms with Crippen LogP contribution in [0.2, 0.25) is 89.6 Å². The first-order chi connectivity index (χ1) is 23.0. The minimum Gasteiger partial charge on any atom is -0.550 e. The predicted molar refractivity (Wildman–Crippen MR) is 236 cm³/mol. The Kier molecular flexibility index (Phi) is 15.9. The summed E-state index contributed by atoms with van der Waals surface area (Å²) in [6, 6.07) is 22.5. The molecule has 51 heavy (non-hydrogen) atoms. The van der Waals surface area contributed by atoms with Crippen LogP contribution in [-0.2, 0) is 40.8 Å². The van der Waals surface area contributed by atoms with Crippen molar-refractivity contribution in [3.8, 4) is 0 Å². The molecule has 0 spiro atoms. The summed E-state index contributed by atoms with van der Waals surface area (Å²) in [5, 5.41) is 0. The van der Waals surface area contributed by atoms with E-state index in [1.54, 1.807) is 0 Å². The molecule has 0 saturated carbocycles. The second-order valence-corrected chi connectivity index (χ2v) is 41.0. The molecule has 2 rings (SSSR count). The zero-order valence-corrected chi connectivity index (χ0v) is 41.1. The molecule has 0 heterocycles. The summed E-state index contributed by atoms with van der Waals surface area (Å²) < 4.78 is 27.0. The molecule has 2 aromatic carbocycles. The van der Waals surface area contributed by atoms with Crippen LogP contribution in [0.15, 0.2) is 72.2 Å². The largest absolute Gasteiger partial charge is 0.550 e. The molecule has 9 heteroatoms. The highest BCUT2D eigenvalue weighted by atomic mass is 28.5. The number of allylic oxidation sites excluding steroid dienone is 2. The fourth-order valence-electron chi connectivity index (χ4n) is 6.27. The van der Waals surface area contributed by atoms with E-state index in [4.69, 9.17) is 17.1 Å². The molecule has 0 atom stereocenters. The fraction of sp³-hybridized carbons (Fsp3) is 0.619. The van der Waals surface area contributed by atoms with Gasteiger partial charge < -0.3 is 17.1 Å². The maximum atomic E-state index is 7.00. The molecule has 0 aliphatic rings. The zero-order valence-electron chi connectivity index (χ0n) is 36.1. The molecule has 0 N–H and O–H groups in total. The van der Waals surface area contributed by atoms with Gasteiger partial charge in [0.25, 0.3) is 0 Å². The van der Waals surface area contributed by atoms with Gasteiger partial charge in [-0.1, -0.05) is 90.1 Å². The van der Waals surface area contributed by atoms with E-state index in [2.05, 4.69) is 169 Å². The van der Waals surface area contributed by atoms with E-state index in [0.717, 1.165) is 37.0 Å². The topological polar surface area (TPSA) is 36.9 Å². The molecule has 0 fully saturated rings. The Morgan fingerprint density at radius 2 is 0.745 bits per heavy atom. The molecular weight excluding hydrogens is 709 g/mol. The van der Waals surface area contributed by atoms with Crippen LogP contribution in [0, 0.1) is 0 Å². The third-order valence-electron chi connectivity index (χ3n) is 9.47. The molecule has 0 saturated heterocycles. The van der Waals surface area contributed by atoms with E-state index in [-0.39, 0.29) is 10.8 Å². The van der Waals surface area contributed by atoms with Crippen LogP contribution in [0.1, 0.15) is 77.6 Å². The molecule has 0 unspecified atom stereocenters. The lowest BCUT2D eigenvalue weighted by molar-refractivity contribution is 0.387. The average Bonchev–Trinajstić information content (AvgIpc) is 2.96. The smallest absolute Gasteiger partial charge is 0.311 e. The zero-order chi connectivity index (χ0) is 39.1. The van der Waals surface area contributed by atoms with Gasteiger partial charge in [0.1, 0.15) is 0 Å². The third-order valence-corrected chi connectivity index (χ3v) is 26.1. The van der Waals surface area contributed by atoms with Crippen LogP contribution in [0.25, 0.3) is 0 Å². The Balaban J connectivity index is 1.86. The highest BCUT2D eigenvalue weighted by Gasteiger charge is 2.41. The van der Waals surface area contributed by atoms with E-state index in [0.29, 0.717) is 0 Å². The van der Waals surface area contributed by atoms with E-state index in [1.165, 1.54) is 33.4 Å². The average molecular weight is 785 g/mol. The van der Waals surface area contributed by atoms with Gasteiger partial charge in [-0.15, -0.1) is 0 Å². The van der Waals surface area contributed by atoms with Crippen molar-refractivity contribution in [1.82, 2.24) is 0 Å². The Morgan fingerprint density at radius 3 is 1.02 bits per heavy atom. The second kappa shape index (κ2) is 17.8. The Hall–Kier alpha value is -1.48. The van der Waals surface area contributed by atoms with Gasteiger partial charge in [-0.3, -0.25) is 0 Å². The first kappa shape index (κ1) is 45.7. The van der Waals surface area contributed by atoms with Crippen LogP contribution in [0.3, 0.4) is 0 Å². The standard InChI is InChI=1S/C42H76O4Si5/c1-35(31-37-19-23-39(24-20-37)41(3,4)5)33-43-47(9,10)27-29-49(13,14)45-51(17,18)46-50(15,16)30-28-48(11,12)44-34-36(2)32-38-21-25-40(26-22-38)42(6,7)8/h19-26,33-34H,27-32H2,1-18H3. The van der Waals surface area contributed by atoms with Gasteiger partial charge in [-0.05, 0) is 161 Å². The highest BCUT2D eigenvalue weighted by Crippen LogP contribution is 2.31. The van der Waals surface area contributed by atoms with Crippen LogP contribution >= 0.6 is 0 Å². The molecule has 0 amide bonds. The van der Waals surface area contributed by atoms with Gasteiger partial charge >= 0.3 is 8.56 Å². The van der Waals surface area contributed by atoms with Crippen molar-refractivity contribution < 1.29 is 17.1 Å². The maximum Gasteiger partial charge on any atom is 0.311 e. The molecule has 4 nitrogen and oxygen atoms in total. The van der Waals surface area contributed by atoms with Gasteiger partial charge in [-0.2, -0.15) is 0 Å². The van der Waals surface area contributed by atoms with Gasteiger partial charge in [0.2, 0.25) is 16.6 Å². The lowest BCUT2D eigenvalue weighted by atomic mass is 9.86. The van der Waals surface area contributed by atoms with E-state index in [9.17, 15) is 0 Å². The lowest BCUT2D eigenvalue weighted by Gasteiger charge is -2.40. The predicted octanol–water partition coefficient (Wildman–Crippen LogP) is 13.5. The fourth-order valence-corrected chi connectivity index (χ4v) is 29.2. The number of hydrogen-bond donors (Lipinski definition) is 0. The van der Waals surface area contributed by atoms with Crippen molar-refractivity contribution in [1.29, 1.82) is 0 Å². The van der Waals surface area contributed by atoms with E-state index in [1.807, 2.05) is 12.5 Å². The first-order valence-corrected chi connectivity index (χ1v) is 34.5. The third kappa shape index (κ3) is 17.9. The maximum absolute atomic E-state index is 7.00. The normalized spacial score (nSPS) is 14.5. The molecular formula is C42H76O4Si5. The quantitative estimate of drug-likeness (QED) is 0.111. The SMILES string of the molecule is CC(=CO[Si](C)(C)CC[Si](C)(C)O[Si](C)(C)O[Si](C)(C)CC[Si](C)(C)OC=C(C)Cc1ccc(C(C)(C)C)cc1)Cc1ccc(C(C)(C)C)cc1. The van der Waals surface area contributed by atoms with Gasteiger partial charge in [-0.25, -0.2) is 0 Å². The minimum atomic E-state index is -2.31. The van der Waals surface area contributed by atoms with Gasteiger partial charge in [0.15, 0.2) is 16.6 Å². The number of hydrogen-bond acceptors (Lipinski definition) is 4. The van der Waals surface area contributed by atoms with E-state index < -0.39 is 41.8 Å². The molecule has 288 valence electrons. The van der Waals surface area contributed by atoms with Crippen LogP contribution in [-0.4, -0.2) is 41.8 Å². The lowest BCUT2D eigenvalue weighted by Crippen LogP contribution is -2.53. The first-order valence-electron chi connectivity index (χ1n) is 19.2. The summed E-state index contributed by atoms with van der Waals surface area (Å²) in [7, 11) is -9.97.